The van der Waals surface area contributed by atoms with Crippen molar-refractivity contribution in [1.29, 1.82) is 0 Å². The van der Waals surface area contributed by atoms with E-state index in [0.29, 0.717) is 0 Å². The van der Waals surface area contributed by atoms with Gasteiger partial charge in [-0.1, -0.05) is 54.6 Å². The highest BCUT2D eigenvalue weighted by Crippen LogP contribution is 2.21. The molecule has 0 saturated carbocycles. The van der Waals surface area contributed by atoms with Crippen molar-refractivity contribution in [2.75, 3.05) is 5.32 Å². The van der Waals surface area contributed by atoms with Gasteiger partial charge >= 0.3 is 0 Å². The first-order valence-corrected chi connectivity index (χ1v) is 7.45. The minimum absolute atomic E-state index is 0.762. The van der Waals surface area contributed by atoms with Crippen molar-refractivity contribution in [1.82, 2.24) is 9.55 Å². The van der Waals surface area contributed by atoms with E-state index in [2.05, 4.69) is 63.4 Å². The summed E-state index contributed by atoms with van der Waals surface area (Å²) in [6, 6.07) is 23.1. The van der Waals surface area contributed by atoms with E-state index < -0.39 is 0 Å². The van der Waals surface area contributed by atoms with Crippen molar-refractivity contribution in [3.8, 4) is 0 Å². The lowest BCUT2D eigenvalue weighted by Crippen LogP contribution is -2.05. The van der Waals surface area contributed by atoms with Crippen LogP contribution in [0, 0.1) is 0 Å². The molecule has 0 aliphatic rings. The maximum atomic E-state index is 4.66. The van der Waals surface area contributed by atoms with Crippen LogP contribution in [0.1, 0.15) is 5.56 Å². The molecule has 3 aromatic carbocycles. The van der Waals surface area contributed by atoms with Gasteiger partial charge in [0.05, 0.1) is 11.0 Å². The van der Waals surface area contributed by atoms with E-state index in [1.54, 1.807) is 0 Å². The molecule has 0 fully saturated rings. The van der Waals surface area contributed by atoms with Crippen LogP contribution in [-0.2, 0) is 13.6 Å². The van der Waals surface area contributed by atoms with Crippen LogP contribution in [0.2, 0.25) is 0 Å². The lowest BCUT2D eigenvalue weighted by Gasteiger charge is -2.09. The van der Waals surface area contributed by atoms with Crippen molar-refractivity contribution in [2.24, 2.45) is 7.05 Å². The van der Waals surface area contributed by atoms with Gasteiger partial charge < -0.3 is 9.88 Å². The monoisotopic (exact) mass is 287 g/mol. The second-order valence-electron chi connectivity index (χ2n) is 5.47. The fraction of sp³-hybridized carbons (Fsp3) is 0.105. The third-order valence-corrected chi connectivity index (χ3v) is 4.10. The van der Waals surface area contributed by atoms with E-state index in [4.69, 9.17) is 0 Å². The molecular formula is C19H17N3. The Morgan fingerprint density at radius 2 is 1.68 bits per heavy atom. The van der Waals surface area contributed by atoms with Crippen LogP contribution in [-0.4, -0.2) is 9.55 Å². The number of hydrogen-bond donors (Lipinski definition) is 1. The molecule has 1 aromatic heterocycles. The quantitative estimate of drug-likeness (QED) is 0.607. The average Bonchev–Trinajstić information content (AvgIpc) is 2.89. The van der Waals surface area contributed by atoms with Gasteiger partial charge in [-0.2, -0.15) is 0 Å². The van der Waals surface area contributed by atoms with Crippen molar-refractivity contribution < 1.29 is 0 Å². The first-order valence-electron chi connectivity index (χ1n) is 7.45. The summed E-state index contributed by atoms with van der Waals surface area (Å²) in [5.74, 6) is 0.897. The van der Waals surface area contributed by atoms with Crippen LogP contribution in [0.3, 0.4) is 0 Å². The molecule has 1 N–H and O–H groups in total. The van der Waals surface area contributed by atoms with Gasteiger partial charge in [0.15, 0.2) is 0 Å². The van der Waals surface area contributed by atoms with Gasteiger partial charge in [-0.25, -0.2) is 4.98 Å². The molecule has 108 valence electrons. The zero-order valence-electron chi connectivity index (χ0n) is 12.5. The lowest BCUT2D eigenvalue weighted by molar-refractivity contribution is 0.929. The average molecular weight is 287 g/mol. The second kappa shape index (κ2) is 5.19. The molecule has 3 nitrogen and oxygen atoms in total. The Morgan fingerprint density at radius 3 is 2.59 bits per heavy atom. The number of rotatable bonds is 3. The first kappa shape index (κ1) is 12.9. The van der Waals surface area contributed by atoms with Gasteiger partial charge in [0.1, 0.15) is 0 Å². The number of nitrogens with one attached hydrogen (secondary N) is 1. The minimum Gasteiger partial charge on any atom is -0.352 e. The van der Waals surface area contributed by atoms with E-state index in [0.717, 1.165) is 23.5 Å². The summed E-state index contributed by atoms with van der Waals surface area (Å²) in [5, 5.41) is 6.02. The summed E-state index contributed by atoms with van der Waals surface area (Å²) < 4.78 is 2.10. The van der Waals surface area contributed by atoms with E-state index in [-0.39, 0.29) is 0 Å². The predicted molar refractivity (Wildman–Crippen MR) is 92.0 cm³/mol. The van der Waals surface area contributed by atoms with Gasteiger partial charge in [0.25, 0.3) is 0 Å². The molecule has 4 aromatic rings. The normalized spacial score (nSPS) is 11.1. The van der Waals surface area contributed by atoms with Crippen LogP contribution in [0.25, 0.3) is 21.8 Å². The minimum atomic E-state index is 0.762. The summed E-state index contributed by atoms with van der Waals surface area (Å²) in [6.45, 7) is 0.762. The fourth-order valence-corrected chi connectivity index (χ4v) is 2.92. The fourth-order valence-electron chi connectivity index (χ4n) is 2.92. The van der Waals surface area contributed by atoms with Crippen molar-refractivity contribution in [3.63, 3.8) is 0 Å². The number of aryl methyl sites for hydroxylation is 1. The third kappa shape index (κ3) is 2.11. The first-order chi connectivity index (χ1) is 10.8. The van der Waals surface area contributed by atoms with Crippen LogP contribution >= 0.6 is 0 Å². The predicted octanol–water partition coefficient (Wildman–Crippen LogP) is 4.34. The third-order valence-electron chi connectivity index (χ3n) is 4.10. The van der Waals surface area contributed by atoms with Crippen molar-refractivity contribution in [3.05, 3.63) is 72.3 Å². The number of hydrogen-bond acceptors (Lipinski definition) is 2. The maximum absolute atomic E-state index is 4.66. The Bertz CT molecular complexity index is 948. The van der Waals surface area contributed by atoms with Gasteiger partial charge in [-0.05, 0) is 28.5 Å². The molecule has 3 heteroatoms. The van der Waals surface area contributed by atoms with E-state index in [1.807, 2.05) is 25.2 Å². The summed E-state index contributed by atoms with van der Waals surface area (Å²) in [7, 11) is 2.04. The molecule has 0 amide bonds. The van der Waals surface area contributed by atoms with E-state index in [1.165, 1.54) is 16.3 Å². The zero-order valence-corrected chi connectivity index (χ0v) is 12.5. The van der Waals surface area contributed by atoms with Gasteiger partial charge in [0, 0.05) is 13.6 Å². The Balaban J connectivity index is 1.67. The summed E-state index contributed by atoms with van der Waals surface area (Å²) >= 11 is 0. The second-order valence-corrected chi connectivity index (χ2v) is 5.47. The van der Waals surface area contributed by atoms with Crippen molar-refractivity contribution >= 4 is 27.8 Å². The van der Waals surface area contributed by atoms with E-state index in [9.17, 15) is 0 Å². The van der Waals surface area contributed by atoms with E-state index >= 15 is 0 Å². The van der Waals surface area contributed by atoms with Crippen LogP contribution in [0.5, 0.6) is 0 Å². The van der Waals surface area contributed by atoms with Gasteiger partial charge in [-0.3, -0.25) is 0 Å². The van der Waals surface area contributed by atoms with Crippen LogP contribution < -0.4 is 5.32 Å². The van der Waals surface area contributed by atoms with Crippen LogP contribution in [0.15, 0.2) is 66.7 Å². The standard InChI is InChI=1S/C19H17N3/c1-22-18-12-5-4-11-17(18)21-19(22)20-13-15-9-6-8-14-7-2-3-10-16(14)15/h2-12H,13H2,1H3,(H,20,21). The Labute approximate surface area is 129 Å². The van der Waals surface area contributed by atoms with Gasteiger partial charge in [0.2, 0.25) is 5.95 Å². The number of nitrogens with zero attached hydrogens (tertiary/aromatic N) is 2. The number of imidazole rings is 1. The highest BCUT2D eigenvalue weighted by molar-refractivity contribution is 5.86. The molecule has 0 atom stereocenters. The molecule has 0 saturated heterocycles. The molecule has 0 bridgehead atoms. The summed E-state index contributed by atoms with van der Waals surface area (Å²) in [4.78, 5) is 4.66. The molecule has 0 radical (unpaired) electrons. The van der Waals surface area contributed by atoms with Crippen molar-refractivity contribution in [2.45, 2.75) is 6.54 Å². The number of fused-ring (bicyclic) bond motifs is 2. The summed E-state index contributed by atoms with van der Waals surface area (Å²) in [6.07, 6.45) is 0. The molecular weight excluding hydrogens is 270 g/mol. The van der Waals surface area contributed by atoms with Gasteiger partial charge in [-0.15, -0.1) is 0 Å². The molecule has 1 heterocycles. The molecule has 4 rings (SSSR count). The largest absolute Gasteiger partial charge is 0.352 e. The Kier molecular flexibility index (Phi) is 3.04. The number of anilines is 1. The highest BCUT2D eigenvalue weighted by Gasteiger charge is 2.07. The maximum Gasteiger partial charge on any atom is 0.203 e. The summed E-state index contributed by atoms with van der Waals surface area (Å²) in [5.41, 5.74) is 3.44. The molecule has 0 aliphatic heterocycles. The molecule has 0 unspecified atom stereocenters. The van der Waals surface area contributed by atoms with Crippen LogP contribution in [0.4, 0.5) is 5.95 Å². The topological polar surface area (TPSA) is 29.9 Å². The Morgan fingerprint density at radius 1 is 0.909 bits per heavy atom. The molecule has 0 aliphatic carbocycles. The zero-order chi connectivity index (χ0) is 14.9. The lowest BCUT2D eigenvalue weighted by atomic mass is 10.0. The highest BCUT2D eigenvalue weighted by atomic mass is 15.2. The SMILES string of the molecule is Cn1c(NCc2cccc3ccccc23)nc2ccccc21. The Hall–Kier alpha value is -2.81. The number of aromatic nitrogens is 2. The molecule has 0 spiro atoms. The molecule has 22 heavy (non-hydrogen) atoms. The number of para-hydroxylation sites is 2. The number of benzene rings is 3. The smallest absolute Gasteiger partial charge is 0.203 e.